The molecule has 0 aliphatic rings. The molecule has 21 heavy (non-hydrogen) atoms. The molecule has 0 aliphatic heterocycles. The van der Waals surface area contributed by atoms with E-state index in [0.717, 1.165) is 5.56 Å². The van der Waals surface area contributed by atoms with E-state index in [1.54, 1.807) is 31.5 Å². The predicted molar refractivity (Wildman–Crippen MR) is 77.5 cm³/mol. The molecule has 1 N–H and O–H groups in total. The first-order valence-corrected chi connectivity index (χ1v) is 6.05. The fraction of sp³-hybridized carbons (Fsp3) is 0.0714. The Balaban J connectivity index is 2.11. The van der Waals surface area contributed by atoms with Gasteiger partial charge in [0.1, 0.15) is 6.33 Å². The minimum absolute atomic E-state index is 0.0728. The van der Waals surface area contributed by atoms with Crippen LogP contribution in [0, 0.1) is 17.0 Å². The number of rotatable bonds is 4. The van der Waals surface area contributed by atoms with Crippen LogP contribution >= 0.6 is 0 Å². The molecule has 1 heterocycles. The summed E-state index contributed by atoms with van der Waals surface area (Å²) < 4.78 is 0. The molecule has 7 nitrogen and oxygen atoms in total. The van der Waals surface area contributed by atoms with E-state index in [1.807, 2.05) is 0 Å². The van der Waals surface area contributed by atoms with Crippen LogP contribution in [0.4, 0.5) is 11.4 Å². The number of nitrogens with zero attached hydrogens (tertiary/aromatic N) is 3. The molecule has 0 unspecified atom stereocenters. The van der Waals surface area contributed by atoms with Gasteiger partial charge in [0.25, 0.3) is 5.69 Å². The Morgan fingerprint density at radius 1 is 1.33 bits per heavy atom. The van der Waals surface area contributed by atoms with Crippen molar-refractivity contribution in [2.24, 2.45) is 0 Å². The minimum Gasteiger partial charge on any atom is -0.322 e. The summed E-state index contributed by atoms with van der Waals surface area (Å²) >= 11 is 0. The lowest BCUT2D eigenvalue weighted by molar-refractivity contribution is -0.384. The van der Waals surface area contributed by atoms with Gasteiger partial charge in [0.05, 0.1) is 10.6 Å². The summed E-state index contributed by atoms with van der Waals surface area (Å²) in [6, 6.07) is 4.30. The maximum absolute atomic E-state index is 11.8. The van der Waals surface area contributed by atoms with Crippen LogP contribution in [0.3, 0.4) is 0 Å². The SMILES string of the molecule is Cc1ccc([N+](=O)[O-])cc1NC(=O)/C=C\c1cncnc1. The molecule has 1 amide bonds. The Morgan fingerprint density at radius 2 is 2.05 bits per heavy atom. The van der Waals surface area contributed by atoms with Crippen molar-refractivity contribution >= 4 is 23.4 Å². The van der Waals surface area contributed by atoms with Crippen molar-refractivity contribution in [2.45, 2.75) is 6.92 Å². The molecule has 2 aromatic rings. The van der Waals surface area contributed by atoms with Crippen molar-refractivity contribution in [1.29, 1.82) is 0 Å². The van der Waals surface area contributed by atoms with E-state index >= 15 is 0 Å². The molecule has 0 radical (unpaired) electrons. The van der Waals surface area contributed by atoms with Crippen LogP contribution in [0.25, 0.3) is 6.08 Å². The zero-order valence-electron chi connectivity index (χ0n) is 11.2. The highest BCUT2D eigenvalue weighted by Gasteiger charge is 2.09. The number of carbonyl (C=O) groups is 1. The fourth-order valence-corrected chi connectivity index (χ4v) is 1.60. The van der Waals surface area contributed by atoms with Gasteiger partial charge in [-0.1, -0.05) is 6.07 Å². The van der Waals surface area contributed by atoms with Gasteiger partial charge in [-0.2, -0.15) is 0 Å². The molecular weight excluding hydrogens is 272 g/mol. The molecule has 7 heteroatoms. The van der Waals surface area contributed by atoms with Crippen molar-refractivity contribution in [2.75, 3.05) is 5.32 Å². The molecule has 0 fully saturated rings. The zero-order valence-corrected chi connectivity index (χ0v) is 11.2. The second-order valence-electron chi connectivity index (χ2n) is 4.25. The molecule has 0 bridgehead atoms. The van der Waals surface area contributed by atoms with Gasteiger partial charge >= 0.3 is 0 Å². The van der Waals surface area contributed by atoms with Crippen LogP contribution in [0.1, 0.15) is 11.1 Å². The number of nitrogens with one attached hydrogen (secondary N) is 1. The topological polar surface area (TPSA) is 98.0 Å². The quantitative estimate of drug-likeness (QED) is 0.528. The standard InChI is InChI=1S/C14H12N4O3/c1-10-2-4-12(18(20)21)6-13(10)17-14(19)5-3-11-7-15-9-16-8-11/h2-9H,1H3,(H,17,19)/b5-3-. The highest BCUT2D eigenvalue weighted by molar-refractivity contribution is 6.02. The van der Waals surface area contributed by atoms with Crippen LogP contribution in [0.5, 0.6) is 0 Å². The largest absolute Gasteiger partial charge is 0.322 e. The zero-order chi connectivity index (χ0) is 15.2. The smallest absolute Gasteiger partial charge is 0.271 e. The molecule has 0 atom stereocenters. The Bertz CT molecular complexity index is 699. The third-order valence-electron chi connectivity index (χ3n) is 2.70. The van der Waals surface area contributed by atoms with Gasteiger partial charge in [-0.25, -0.2) is 9.97 Å². The fourth-order valence-electron chi connectivity index (χ4n) is 1.60. The van der Waals surface area contributed by atoms with Crippen molar-refractivity contribution in [3.63, 3.8) is 0 Å². The molecule has 0 aliphatic carbocycles. The van der Waals surface area contributed by atoms with E-state index in [2.05, 4.69) is 15.3 Å². The first kappa shape index (κ1) is 14.3. The molecule has 1 aromatic carbocycles. The molecule has 2 rings (SSSR count). The Hall–Kier alpha value is -3.09. The summed E-state index contributed by atoms with van der Waals surface area (Å²) in [5.74, 6) is -0.387. The van der Waals surface area contributed by atoms with Gasteiger partial charge in [-0.15, -0.1) is 0 Å². The molecule has 106 valence electrons. The molecular formula is C14H12N4O3. The summed E-state index contributed by atoms with van der Waals surface area (Å²) in [6.07, 6.45) is 7.40. The lowest BCUT2D eigenvalue weighted by Gasteiger charge is -2.05. The number of hydrogen-bond acceptors (Lipinski definition) is 5. The van der Waals surface area contributed by atoms with E-state index in [4.69, 9.17) is 0 Å². The highest BCUT2D eigenvalue weighted by atomic mass is 16.6. The number of benzene rings is 1. The lowest BCUT2D eigenvalue weighted by Crippen LogP contribution is -2.09. The number of aromatic nitrogens is 2. The van der Waals surface area contributed by atoms with E-state index in [-0.39, 0.29) is 11.6 Å². The average molecular weight is 284 g/mol. The Morgan fingerprint density at radius 3 is 2.71 bits per heavy atom. The third-order valence-corrected chi connectivity index (χ3v) is 2.70. The Kier molecular flexibility index (Phi) is 4.35. The third kappa shape index (κ3) is 3.93. The number of nitro benzene ring substituents is 1. The summed E-state index contributed by atoms with van der Waals surface area (Å²) in [7, 11) is 0. The van der Waals surface area contributed by atoms with E-state index in [9.17, 15) is 14.9 Å². The van der Waals surface area contributed by atoms with E-state index in [1.165, 1.54) is 24.5 Å². The van der Waals surface area contributed by atoms with Gasteiger partial charge < -0.3 is 5.32 Å². The van der Waals surface area contributed by atoms with Crippen molar-refractivity contribution in [3.05, 3.63) is 64.2 Å². The normalized spacial score (nSPS) is 10.5. The number of aryl methyl sites for hydroxylation is 1. The second kappa shape index (κ2) is 6.38. The lowest BCUT2D eigenvalue weighted by atomic mass is 10.2. The van der Waals surface area contributed by atoms with Crippen LogP contribution in [-0.4, -0.2) is 20.8 Å². The Labute approximate surface area is 120 Å². The minimum atomic E-state index is -0.508. The van der Waals surface area contributed by atoms with Crippen molar-refractivity contribution < 1.29 is 9.72 Å². The number of hydrogen-bond donors (Lipinski definition) is 1. The first-order valence-electron chi connectivity index (χ1n) is 6.05. The van der Waals surface area contributed by atoms with Crippen LogP contribution < -0.4 is 5.32 Å². The van der Waals surface area contributed by atoms with Crippen molar-refractivity contribution in [3.8, 4) is 0 Å². The number of amides is 1. The summed E-state index contributed by atoms with van der Waals surface area (Å²) in [6.45, 7) is 1.76. The van der Waals surface area contributed by atoms with E-state index < -0.39 is 4.92 Å². The molecule has 1 aromatic heterocycles. The first-order chi connectivity index (χ1) is 10.1. The number of non-ortho nitro benzene ring substituents is 1. The van der Waals surface area contributed by atoms with Gasteiger partial charge in [0, 0.05) is 36.2 Å². The van der Waals surface area contributed by atoms with Crippen LogP contribution in [-0.2, 0) is 4.79 Å². The number of nitro groups is 1. The van der Waals surface area contributed by atoms with E-state index in [0.29, 0.717) is 11.3 Å². The summed E-state index contributed by atoms with van der Waals surface area (Å²) in [5.41, 5.74) is 1.76. The summed E-state index contributed by atoms with van der Waals surface area (Å²) in [5, 5.41) is 13.3. The number of anilines is 1. The van der Waals surface area contributed by atoms with Crippen LogP contribution in [0.2, 0.25) is 0 Å². The summed E-state index contributed by atoms with van der Waals surface area (Å²) in [4.78, 5) is 29.7. The molecule has 0 spiro atoms. The van der Waals surface area contributed by atoms with Gasteiger partial charge in [-0.3, -0.25) is 14.9 Å². The molecule has 0 saturated carbocycles. The highest BCUT2D eigenvalue weighted by Crippen LogP contribution is 2.21. The van der Waals surface area contributed by atoms with Gasteiger partial charge in [0.2, 0.25) is 5.91 Å². The average Bonchev–Trinajstić information content (AvgIpc) is 2.48. The number of carbonyl (C=O) groups excluding carboxylic acids is 1. The monoisotopic (exact) mass is 284 g/mol. The molecule has 0 saturated heterocycles. The maximum Gasteiger partial charge on any atom is 0.271 e. The van der Waals surface area contributed by atoms with Gasteiger partial charge in [0.15, 0.2) is 0 Å². The predicted octanol–water partition coefficient (Wildman–Crippen LogP) is 2.35. The maximum atomic E-state index is 11.8. The van der Waals surface area contributed by atoms with Crippen LogP contribution in [0.15, 0.2) is 43.0 Å². The van der Waals surface area contributed by atoms with Gasteiger partial charge in [-0.05, 0) is 18.6 Å². The van der Waals surface area contributed by atoms with Crippen molar-refractivity contribution in [1.82, 2.24) is 9.97 Å². The second-order valence-corrected chi connectivity index (χ2v) is 4.25.